The van der Waals surface area contributed by atoms with E-state index >= 15 is 0 Å². The molecule has 104 valence electrons. The molecule has 2 N–H and O–H groups in total. The maximum Gasteiger partial charge on any atom is 0.241 e. The molecule has 0 aromatic heterocycles. The van der Waals surface area contributed by atoms with E-state index in [-0.39, 0.29) is 11.9 Å². The van der Waals surface area contributed by atoms with Crippen LogP contribution in [0.1, 0.15) is 19.8 Å². The van der Waals surface area contributed by atoms with Gasteiger partial charge in [-0.2, -0.15) is 0 Å². The van der Waals surface area contributed by atoms with E-state index in [1.807, 2.05) is 0 Å². The summed E-state index contributed by atoms with van der Waals surface area (Å²) >= 11 is 6.04. The van der Waals surface area contributed by atoms with E-state index < -0.39 is 0 Å². The topological polar surface area (TPSA) is 50.4 Å². The Labute approximate surface area is 118 Å². The summed E-state index contributed by atoms with van der Waals surface area (Å²) in [7, 11) is 1.56. The Morgan fingerprint density at radius 2 is 2.32 bits per heavy atom. The second-order valence-corrected chi connectivity index (χ2v) is 5.30. The van der Waals surface area contributed by atoms with E-state index in [2.05, 4.69) is 17.6 Å². The van der Waals surface area contributed by atoms with Crippen molar-refractivity contribution in [2.75, 3.05) is 19.0 Å². The SMILES string of the molecule is COc1ccc(NC(=O)C2NCCCC2C)cc1Cl. The Hall–Kier alpha value is -1.26. The van der Waals surface area contributed by atoms with Gasteiger partial charge in [0.25, 0.3) is 0 Å². The van der Waals surface area contributed by atoms with Gasteiger partial charge in [0.05, 0.1) is 18.2 Å². The summed E-state index contributed by atoms with van der Waals surface area (Å²) in [4.78, 5) is 12.2. The van der Waals surface area contributed by atoms with Crippen LogP contribution in [0.25, 0.3) is 0 Å². The standard InChI is InChI=1S/C14H19ClN2O2/c1-9-4-3-7-16-13(9)14(18)17-10-5-6-12(19-2)11(15)8-10/h5-6,8-9,13,16H,3-4,7H2,1-2H3,(H,17,18). The van der Waals surface area contributed by atoms with Crippen molar-refractivity contribution in [3.8, 4) is 5.75 Å². The number of amides is 1. The van der Waals surface area contributed by atoms with Crippen LogP contribution in [0.3, 0.4) is 0 Å². The molecule has 1 heterocycles. The first-order valence-electron chi connectivity index (χ1n) is 6.49. The fourth-order valence-electron chi connectivity index (χ4n) is 2.36. The first-order chi connectivity index (χ1) is 9.11. The number of rotatable bonds is 3. The lowest BCUT2D eigenvalue weighted by Gasteiger charge is -2.28. The molecule has 1 aliphatic heterocycles. The summed E-state index contributed by atoms with van der Waals surface area (Å²) < 4.78 is 5.08. The summed E-state index contributed by atoms with van der Waals surface area (Å²) in [5.74, 6) is 0.944. The van der Waals surface area contributed by atoms with Crippen molar-refractivity contribution < 1.29 is 9.53 Å². The van der Waals surface area contributed by atoms with Gasteiger partial charge in [0, 0.05) is 5.69 Å². The molecule has 1 aromatic carbocycles. The highest BCUT2D eigenvalue weighted by Crippen LogP contribution is 2.27. The molecule has 19 heavy (non-hydrogen) atoms. The van der Waals surface area contributed by atoms with Crippen molar-refractivity contribution in [1.29, 1.82) is 0 Å². The van der Waals surface area contributed by atoms with E-state index in [1.165, 1.54) is 0 Å². The number of carbonyl (C=O) groups is 1. The monoisotopic (exact) mass is 282 g/mol. The third kappa shape index (κ3) is 3.39. The van der Waals surface area contributed by atoms with Gasteiger partial charge in [0.15, 0.2) is 0 Å². The molecule has 1 saturated heterocycles. The van der Waals surface area contributed by atoms with Crippen LogP contribution in [0, 0.1) is 5.92 Å². The van der Waals surface area contributed by atoms with Gasteiger partial charge >= 0.3 is 0 Å². The van der Waals surface area contributed by atoms with E-state index in [9.17, 15) is 4.79 Å². The van der Waals surface area contributed by atoms with E-state index in [0.29, 0.717) is 22.4 Å². The summed E-state index contributed by atoms with van der Waals surface area (Å²) in [6.45, 7) is 2.99. The van der Waals surface area contributed by atoms with Gasteiger partial charge in [-0.05, 0) is 43.5 Å². The van der Waals surface area contributed by atoms with Crippen molar-refractivity contribution in [2.24, 2.45) is 5.92 Å². The Balaban J connectivity index is 2.04. The second kappa shape index (κ2) is 6.26. The van der Waals surface area contributed by atoms with Gasteiger partial charge in [-0.1, -0.05) is 18.5 Å². The van der Waals surface area contributed by atoms with Crippen molar-refractivity contribution in [3.05, 3.63) is 23.2 Å². The fraction of sp³-hybridized carbons (Fsp3) is 0.500. The molecule has 2 rings (SSSR count). The number of halogens is 1. The number of hydrogen-bond acceptors (Lipinski definition) is 3. The van der Waals surface area contributed by atoms with Crippen LogP contribution < -0.4 is 15.4 Å². The summed E-state index contributed by atoms with van der Waals surface area (Å²) in [5.41, 5.74) is 0.690. The van der Waals surface area contributed by atoms with Crippen molar-refractivity contribution in [3.63, 3.8) is 0 Å². The Bertz CT molecular complexity index is 465. The number of ether oxygens (including phenoxy) is 1. The number of benzene rings is 1. The minimum absolute atomic E-state index is 0.00608. The largest absolute Gasteiger partial charge is 0.495 e. The molecule has 0 aliphatic carbocycles. The molecule has 0 bridgehead atoms. The van der Waals surface area contributed by atoms with Gasteiger partial charge in [0.1, 0.15) is 5.75 Å². The van der Waals surface area contributed by atoms with Crippen molar-refractivity contribution in [2.45, 2.75) is 25.8 Å². The smallest absolute Gasteiger partial charge is 0.241 e. The van der Waals surface area contributed by atoms with Crippen LogP contribution in [0.5, 0.6) is 5.75 Å². The van der Waals surface area contributed by atoms with Crippen LogP contribution >= 0.6 is 11.6 Å². The molecule has 0 radical (unpaired) electrons. The predicted octanol–water partition coefficient (Wildman–Crippen LogP) is 2.68. The first kappa shape index (κ1) is 14.2. The molecule has 0 saturated carbocycles. The zero-order valence-electron chi connectivity index (χ0n) is 11.2. The van der Waals surface area contributed by atoms with Crippen LogP contribution in [0.2, 0.25) is 5.02 Å². The van der Waals surface area contributed by atoms with Crippen molar-refractivity contribution in [1.82, 2.24) is 5.32 Å². The van der Waals surface area contributed by atoms with Crippen LogP contribution in [0.4, 0.5) is 5.69 Å². The number of carbonyl (C=O) groups excluding carboxylic acids is 1. The van der Waals surface area contributed by atoms with Gasteiger partial charge in [-0.15, -0.1) is 0 Å². The number of nitrogens with one attached hydrogen (secondary N) is 2. The fourth-order valence-corrected chi connectivity index (χ4v) is 2.62. The molecule has 2 unspecified atom stereocenters. The van der Waals surface area contributed by atoms with Gasteiger partial charge in [-0.25, -0.2) is 0 Å². The van der Waals surface area contributed by atoms with Crippen LogP contribution in [0.15, 0.2) is 18.2 Å². The highest BCUT2D eigenvalue weighted by molar-refractivity contribution is 6.32. The molecular formula is C14H19ClN2O2. The lowest BCUT2D eigenvalue weighted by atomic mass is 9.92. The van der Waals surface area contributed by atoms with Gasteiger partial charge < -0.3 is 15.4 Å². The molecule has 1 amide bonds. The summed E-state index contributed by atoms with van der Waals surface area (Å²) in [6, 6.07) is 5.10. The van der Waals surface area contributed by atoms with E-state index in [4.69, 9.17) is 16.3 Å². The van der Waals surface area contributed by atoms with E-state index in [1.54, 1.807) is 25.3 Å². The Morgan fingerprint density at radius 1 is 1.53 bits per heavy atom. The molecule has 4 nitrogen and oxygen atoms in total. The normalized spacial score (nSPS) is 22.9. The molecule has 1 aliphatic rings. The molecule has 1 fully saturated rings. The lowest BCUT2D eigenvalue weighted by molar-refractivity contribution is -0.119. The Kier molecular flexibility index (Phi) is 4.66. The predicted molar refractivity (Wildman–Crippen MR) is 76.8 cm³/mol. The maximum atomic E-state index is 12.2. The van der Waals surface area contributed by atoms with Gasteiger partial charge in [-0.3, -0.25) is 4.79 Å². The number of hydrogen-bond donors (Lipinski definition) is 2. The minimum Gasteiger partial charge on any atom is -0.495 e. The average Bonchev–Trinajstić information content (AvgIpc) is 2.39. The molecule has 1 aromatic rings. The Morgan fingerprint density at radius 3 is 2.95 bits per heavy atom. The van der Waals surface area contributed by atoms with Crippen molar-refractivity contribution >= 4 is 23.2 Å². The van der Waals surface area contributed by atoms with Crippen LogP contribution in [-0.4, -0.2) is 25.6 Å². The number of anilines is 1. The molecule has 0 spiro atoms. The third-order valence-electron chi connectivity index (χ3n) is 3.47. The first-order valence-corrected chi connectivity index (χ1v) is 6.87. The van der Waals surface area contributed by atoms with E-state index in [0.717, 1.165) is 19.4 Å². The highest BCUT2D eigenvalue weighted by Gasteiger charge is 2.27. The maximum absolute atomic E-state index is 12.2. The second-order valence-electron chi connectivity index (χ2n) is 4.89. The molecule has 2 atom stereocenters. The summed E-state index contributed by atoms with van der Waals surface area (Å²) in [5, 5.41) is 6.64. The average molecular weight is 283 g/mol. The minimum atomic E-state index is -0.130. The summed E-state index contributed by atoms with van der Waals surface area (Å²) in [6.07, 6.45) is 2.20. The lowest BCUT2D eigenvalue weighted by Crippen LogP contribution is -2.48. The molecular weight excluding hydrogens is 264 g/mol. The zero-order valence-corrected chi connectivity index (χ0v) is 12.0. The number of piperidine rings is 1. The third-order valence-corrected chi connectivity index (χ3v) is 3.77. The molecule has 5 heteroatoms. The van der Waals surface area contributed by atoms with Crippen LogP contribution in [-0.2, 0) is 4.79 Å². The quantitative estimate of drug-likeness (QED) is 0.896. The highest BCUT2D eigenvalue weighted by atomic mass is 35.5. The zero-order chi connectivity index (χ0) is 13.8. The van der Waals surface area contributed by atoms with Gasteiger partial charge in [0.2, 0.25) is 5.91 Å². The number of methoxy groups -OCH3 is 1.